The molecule has 1 nitrogen and oxygen atoms in total. The average molecular weight is 238 g/mol. The molecule has 0 radical (unpaired) electrons. The Hall–Kier alpha value is -1.13. The highest BCUT2D eigenvalue weighted by Gasteiger charge is 2.06. The summed E-state index contributed by atoms with van der Waals surface area (Å²) in [5, 5.41) is -0.242. The van der Waals surface area contributed by atoms with E-state index in [1.165, 1.54) is 23.5 Å². The lowest BCUT2D eigenvalue weighted by atomic mass is 10.2. The van der Waals surface area contributed by atoms with Gasteiger partial charge in [0.1, 0.15) is 5.82 Å². The van der Waals surface area contributed by atoms with Gasteiger partial charge in [-0.2, -0.15) is 0 Å². The molecule has 2 rings (SSSR count). The molecule has 0 fully saturated rings. The number of benzene rings is 1. The van der Waals surface area contributed by atoms with E-state index in [1.54, 1.807) is 18.2 Å². The lowest BCUT2D eigenvalue weighted by Crippen LogP contribution is -1.79. The molecular formula is C11H7FOS2. The summed E-state index contributed by atoms with van der Waals surface area (Å²) < 4.78 is 12.7. The molecule has 0 atom stereocenters. The van der Waals surface area contributed by atoms with E-state index >= 15 is 0 Å². The largest absolute Gasteiger partial charge is 0.281 e. The monoisotopic (exact) mass is 238 g/mol. The van der Waals surface area contributed by atoms with Gasteiger partial charge in [0, 0.05) is 4.88 Å². The molecule has 1 heterocycles. The van der Waals surface area contributed by atoms with Crippen molar-refractivity contribution >= 4 is 29.1 Å². The van der Waals surface area contributed by atoms with Crippen LogP contribution in [0.2, 0.25) is 0 Å². The second kappa shape index (κ2) is 4.16. The first-order chi connectivity index (χ1) is 7.16. The van der Waals surface area contributed by atoms with E-state index in [9.17, 15) is 9.18 Å². The van der Waals surface area contributed by atoms with Gasteiger partial charge in [0.05, 0.1) is 4.88 Å². The smallest absolute Gasteiger partial charge is 0.226 e. The van der Waals surface area contributed by atoms with Crippen molar-refractivity contribution in [3.8, 4) is 10.4 Å². The number of carbonyl (C=O) groups excluding carboxylic acids is 1. The molecule has 0 unspecified atom stereocenters. The second-order valence-electron chi connectivity index (χ2n) is 2.98. The molecule has 0 saturated carbocycles. The Bertz CT molecular complexity index is 488. The first-order valence-corrected chi connectivity index (χ1v) is 5.52. The molecule has 0 saturated heterocycles. The second-order valence-corrected chi connectivity index (χ2v) is 4.47. The molecule has 4 heteroatoms. The molecule has 0 aliphatic heterocycles. The molecule has 0 aliphatic carbocycles. The number of hydrogen-bond acceptors (Lipinski definition) is 2. The maximum atomic E-state index is 12.7. The standard InChI is InChI=1S/C11H7FOS2/c12-8-3-1-7(2-4-8)9-5-6-10(15-9)11(13)14/h1-6H,(H,13,14). The zero-order chi connectivity index (χ0) is 10.8. The van der Waals surface area contributed by atoms with Gasteiger partial charge in [-0.15, -0.1) is 11.3 Å². The van der Waals surface area contributed by atoms with Crippen LogP contribution in [0.15, 0.2) is 36.4 Å². The van der Waals surface area contributed by atoms with Crippen molar-refractivity contribution in [1.29, 1.82) is 0 Å². The summed E-state index contributed by atoms with van der Waals surface area (Å²) >= 11 is 5.09. The summed E-state index contributed by atoms with van der Waals surface area (Å²) in [5.41, 5.74) is 0.905. The van der Waals surface area contributed by atoms with Gasteiger partial charge >= 0.3 is 0 Å². The van der Waals surface area contributed by atoms with E-state index in [-0.39, 0.29) is 10.9 Å². The number of thiophene rings is 1. The maximum Gasteiger partial charge on any atom is 0.226 e. The number of rotatable bonds is 2. The minimum atomic E-state index is -0.263. The topological polar surface area (TPSA) is 17.1 Å². The zero-order valence-electron chi connectivity index (χ0n) is 7.61. The van der Waals surface area contributed by atoms with Gasteiger partial charge in [0.25, 0.3) is 0 Å². The van der Waals surface area contributed by atoms with Gasteiger partial charge in [0.15, 0.2) is 0 Å². The summed E-state index contributed by atoms with van der Waals surface area (Å²) in [4.78, 5) is 12.5. The maximum absolute atomic E-state index is 12.7. The van der Waals surface area contributed by atoms with Crippen LogP contribution in [0.25, 0.3) is 10.4 Å². The van der Waals surface area contributed by atoms with Crippen molar-refractivity contribution in [2.75, 3.05) is 0 Å². The normalized spacial score (nSPS) is 10.3. The summed E-state index contributed by atoms with van der Waals surface area (Å²) in [5.74, 6) is -0.263. The lowest BCUT2D eigenvalue weighted by molar-refractivity contribution is 0.109. The van der Waals surface area contributed by atoms with Gasteiger partial charge in [-0.05, 0) is 29.8 Å². The third-order valence-electron chi connectivity index (χ3n) is 1.95. The number of halogens is 1. The Morgan fingerprint density at radius 1 is 1.13 bits per heavy atom. The van der Waals surface area contributed by atoms with E-state index in [1.807, 2.05) is 6.07 Å². The predicted octanol–water partition coefficient (Wildman–Crippen LogP) is 3.62. The summed E-state index contributed by atoms with van der Waals surface area (Å²) in [6, 6.07) is 9.73. The molecule has 0 aliphatic rings. The fourth-order valence-corrected chi connectivity index (χ4v) is 2.28. The highest BCUT2D eigenvalue weighted by molar-refractivity contribution is 7.97. The summed E-state index contributed by atoms with van der Waals surface area (Å²) in [6.07, 6.45) is 0. The Balaban J connectivity index is 2.37. The first-order valence-electron chi connectivity index (χ1n) is 4.26. The Kier molecular flexibility index (Phi) is 2.88. The Morgan fingerprint density at radius 3 is 2.33 bits per heavy atom. The van der Waals surface area contributed by atoms with Gasteiger partial charge < -0.3 is 0 Å². The van der Waals surface area contributed by atoms with Crippen LogP contribution in [0.4, 0.5) is 4.39 Å². The Labute approximate surface area is 96.0 Å². The molecule has 2 aromatic rings. The minimum Gasteiger partial charge on any atom is -0.281 e. The number of hydrogen-bond donors (Lipinski definition) is 1. The first kappa shape index (κ1) is 10.4. The van der Waals surface area contributed by atoms with Gasteiger partial charge in [0.2, 0.25) is 5.12 Å². The van der Waals surface area contributed by atoms with E-state index in [2.05, 4.69) is 12.6 Å². The fourth-order valence-electron chi connectivity index (χ4n) is 1.22. The molecule has 0 amide bonds. The molecule has 1 aromatic carbocycles. The van der Waals surface area contributed by atoms with E-state index < -0.39 is 0 Å². The van der Waals surface area contributed by atoms with Gasteiger partial charge in [-0.25, -0.2) is 4.39 Å². The predicted molar refractivity (Wildman–Crippen MR) is 63.0 cm³/mol. The fraction of sp³-hybridized carbons (Fsp3) is 0. The van der Waals surface area contributed by atoms with Crippen molar-refractivity contribution in [2.24, 2.45) is 0 Å². The Morgan fingerprint density at radius 2 is 1.80 bits per heavy atom. The summed E-state index contributed by atoms with van der Waals surface area (Å²) in [7, 11) is 0. The van der Waals surface area contributed by atoms with Crippen LogP contribution in [-0.4, -0.2) is 5.12 Å². The van der Waals surface area contributed by atoms with Crippen LogP contribution in [0, 0.1) is 5.82 Å². The van der Waals surface area contributed by atoms with Crippen LogP contribution in [0.5, 0.6) is 0 Å². The van der Waals surface area contributed by atoms with Gasteiger partial charge in [-0.3, -0.25) is 4.79 Å². The van der Waals surface area contributed by atoms with Crippen molar-refractivity contribution < 1.29 is 9.18 Å². The molecule has 0 N–H and O–H groups in total. The third-order valence-corrected chi connectivity index (χ3v) is 3.47. The number of carbonyl (C=O) groups is 1. The van der Waals surface area contributed by atoms with Crippen LogP contribution in [0.3, 0.4) is 0 Å². The van der Waals surface area contributed by atoms with Crippen molar-refractivity contribution in [2.45, 2.75) is 0 Å². The molecule has 76 valence electrons. The van der Waals surface area contributed by atoms with Crippen LogP contribution >= 0.6 is 24.0 Å². The SMILES string of the molecule is O=C(S)c1ccc(-c2ccc(F)cc2)s1. The molecule has 0 spiro atoms. The summed E-state index contributed by atoms with van der Waals surface area (Å²) in [6.45, 7) is 0. The highest BCUT2D eigenvalue weighted by atomic mass is 32.1. The van der Waals surface area contributed by atoms with Crippen molar-refractivity contribution in [1.82, 2.24) is 0 Å². The average Bonchev–Trinajstić information content (AvgIpc) is 2.68. The van der Waals surface area contributed by atoms with Crippen molar-refractivity contribution in [3.63, 3.8) is 0 Å². The quantitative estimate of drug-likeness (QED) is 0.791. The van der Waals surface area contributed by atoms with Crippen LogP contribution < -0.4 is 0 Å². The van der Waals surface area contributed by atoms with Crippen molar-refractivity contribution in [3.05, 3.63) is 47.1 Å². The van der Waals surface area contributed by atoms with Gasteiger partial charge in [-0.1, -0.05) is 24.8 Å². The van der Waals surface area contributed by atoms with E-state index in [0.29, 0.717) is 4.88 Å². The van der Waals surface area contributed by atoms with Crippen LogP contribution in [-0.2, 0) is 0 Å². The zero-order valence-corrected chi connectivity index (χ0v) is 9.32. The minimum absolute atomic E-state index is 0.242. The van der Waals surface area contributed by atoms with E-state index in [0.717, 1.165) is 10.4 Å². The third kappa shape index (κ3) is 2.27. The molecule has 1 aromatic heterocycles. The molecular weight excluding hydrogens is 231 g/mol. The van der Waals surface area contributed by atoms with Crippen LogP contribution in [0.1, 0.15) is 9.67 Å². The lowest BCUT2D eigenvalue weighted by Gasteiger charge is -1.95. The highest BCUT2D eigenvalue weighted by Crippen LogP contribution is 2.28. The van der Waals surface area contributed by atoms with E-state index in [4.69, 9.17) is 0 Å². The molecule has 15 heavy (non-hydrogen) atoms. The number of thiol groups is 1. The molecule has 0 bridgehead atoms.